The van der Waals surface area contributed by atoms with Crippen molar-refractivity contribution < 1.29 is 14.6 Å². The number of rotatable bonds is 8. The molecule has 0 saturated heterocycles. The van der Waals surface area contributed by atoms with Gasteiger partial charge in [0.05, 0.1) is 7.11 Å². The molecule has 0 aliphatic carbocycles. The highest BCUT2D eigenvalue weighted by molar-refractivity contribution is 7.12. The molecule has 0 bridgehead atoms. The summed E-state index contributed by atoms with van der Waals surface area (Å²) in [4.78, 5) is 12.7. The lowest BCUT2D eigenvalue weighted by Gasteiger charge is -2.31. The molecule has 1 aromatic heterocycles. The largest absolute Gasteiger partial charge is 0.495 e. The van der Waals surface area contributed by atoms with E-state index in [1.54, 1.807) is 13.2 Å². The van der Waals surface area contributed by atoms with Crippen LogP contribution < -0.4 is 10.1 Å². The van der Waals surface area contributed by atoms with Crippen molar-refractivity contribution in [2.75, 3.05) is 20.3 Å². The highest BCUT2D eigenvalue weighted by atomic mass is 32.1. The molecular formula is C14H23NO3S. The quantitative estimate of drug-likeness (QED) is 0.772. The van der Waals surface area contributed by atoms with E-state index in [1.165, 1.54) is 11.3 Å². The maximum Gasteiger partial charge on any atom is 0.265 e. The zero-order valence-corrected chi connectivity index (χ0v) is 12.7. The average molecular weight is 285 g/mol. The number of hydrogen-bond donors (Lipinski definition) is 2. The first-order valence-corrected chi connectivity index (χ1v) is 7.51. The minimum absolute atomic E-state index is 0.0189. The van der Waals surface area contributed by atoms with Gasteiger partial charge in [-0.25, -0.2) is 0 Å². The van der Waals surface area contributed by atoms with Crippen LogP contribution in [0.3, 0.4) is 0 Å². The number of thiophene rings is 1. The van der Waals surface area contributed by atoms with Crippen molar-refractivity contribution in [3.63, 3.8) is 0 Å². The third kappa shape index (κ3) is 3.94. The molecule has 0 unspecified atom stereocenters. The maximum absolute atomic E-state index is 12.1. The Balaban J connectivity index is 2.67. The summed E-state index contributed by atoms with van der Waals surface area (Å²) in [6.45, 7) is 4.93. The van der Waals surface area contributed by atoms with E-state index in [0.29, 0.717) is 23.6 Å². The van der Waals surface area contributed by atoms with Gasteiger partial charge in [-0.2, -0.15) is 0 Å². The van der Waals surface area contributed by atoms with Gasteiger partial charge in [0.2, 0.25) is 0 Å². The lowest BCUT2D eigenvalue weighted by molar-refractivity contribution is 0.0908. The third-order valence-electron chi connectivity index (χ3n) is 3.82. The van der Waals surface area contributed by atoms with Gasteiger partial charge in [0.1, 0.15) is 10.6 Å². The Morgan fingerprint density at radius 3 is 2.68 bits per heavy atom. The fourth-order valence-electron chi connectivity index (χ4n) is 2.15. The first kappa shape index (κ1) is 16.0. The number of carbonyl (C=O) groups excluding carboxylic acids is 1. The van der Waals surface area contributed by atoms with E-state index < -0.39 is 0 Å². The number of ether oxygens (including phenoxy) is 1. The molecule has 0 saturated carbocycles. The van der Waals surface area contributed by atoms with Crippen molar-refractivity contribution in [2.45, 2.75) is 33.1 Å². The van der Waals surface area contributed by atoms with E-state index in [9.17, 15) is 4.79 Å². The fourth-order valence-corrected chi connectivity index (χ4v) is 2.93. The Bertz CT molecular complexity index is 399. The topological polar surface area (TPSA) is 58.6 Å². The number of methoxy groups -OCH3 is 1. The van der Waals surface area contributed by atoms with Crippen molar-refractivity contribution in [2.24, 2.45) is 5.41 Å². The SMILES string of the molecule is CCC(CC)(CCO)CNC(=O)c1sccc1OC. The van der Waals surface area contributed by atoms with Gasteiger partial charge in [0.25, 0.3) is 5.91 Å². The molecule has 1 amide bonds. The first-order chi connectivity index (χ1) is 9.12. The van der Waals surface area contributed by atoms with Crippen molar-refractivity contribution in [3.05, 3.63) is 16.3 Å². The van der Waals surface area contributed by atoms with Gasteiger partial charge in [-0.1, -0.05) is 13.8 Å². The summed E-state index contributed by atoms with van der Waals surface area (Å²) in [6, 6.07) is 1.79. The zero-order valence-electron chi connectivity index (χ0n) is 11.9. The number of aliphatic hydroxyl groups excluding tert-OH is 1. The summed E-state index contributed by atoms with van der Waals surface area (Å²) >= 11 is 1.37. The molecule has 1 aromatic rings. The molecule has 19 heavy (non-hydrogen) atoms. The van der Waals surface area contributed by atoms with Crippen LogP contribution in [0, 0.1) is 5.41 Å². The van der Waals surface area contributed by atoms with Crippen LogP contribution in [0.1, 0.15) is 42.8 Å². The number of hydrogen-bond acceptors (Lipinski definition) is 4. The standard InChI is InChI=1S/C14H23NO3S/c1-4-14(5-2,7-8-16)10-15-13(17)12-11(18-3)6-9-19-12/h6,9,16H,4-5,7-8,10H2,1-3H3,(H,15,17). The normalized spacial score (nSPS) is 11.4. The summed E-state index contributed by atoms with van der Waals surface area (Å²) in [5.41, 5.74) is -0.0189. The Morgan fingerprint density at radius 2 is 2.16 bits per heavy atom. The second-order valence-corrected chi connectivity index (χ2v) is 5.60. The van der Waals surface area contributed by atoms with Crippen LogP contribution in [0.25, 0.3) is 0 Å². The summed E-state index contributed by atoms with van der Waals surface area (Å²) in [5, 5.41) is 14.0. The average Bonchev–Trinajstić information content (AvgIpc) is 2.91. The van der Waals surface area contributed by atoms with Gasteiger partial charge < -0.3 is 15.2 Å². The minimum Gasteiger partial charge on any atom is -0.495 e. The van der Waals surface area contributed by atoms with Gasteiger partial charge in [0, 0.05) is 13.2 Å². The van der Waals surface area contributed by atoms with E-state index in [0.717, 1.165) is 12.8 Å². The van der Waals surface area contributed by atoms with E-state index in [2.05, 4.69) is 19.2 Å². The fraction of sp³-hybridized carbons (Fsp3) is 0.643. The van der Waals surface area contributed by atoms with Crippen LogP contribution in [-0.4, -0.2) is 31.3 Å². The molecule has 0 aromatic carbocycles. The van der Waals surface area contributed by atoms with Gasteiger partial charge in [0.15, 0.2) is 0 Å². The molecule has 0 aliphatic rings. The highest BCUT2D eigenvalue weighted by Gasteiger charge is 2.27. The summed E-state index contributed by atoms with van der Waals surface area (Å²) in [7, 11) is 1.56. The molecule has 0 fully saturated rings. The molecule has 1 heterocycles. The molecule has 0 atom stereocenters. The smallest absolute Gasteiger partial charge is 0.265 e. The molecule has 4 nitrogen and oxygen atoms in total. The van der Waals surface area contributed by atoms with Crippen LogP contribution in [0.5, 0.6) is 5.75 Å². The van der Waals surface area contributed by atoms with Gasteiger partial charge in [-0.15, -0.1) is 11.3 Å². The Hall–Kier alpha value is -1.07. The van der Waals surface area contributed by atoms with Gasteiger partial charge in [-0.05, 0) is 36.1 Å². The van der Waals surface area contributed by atoms with E-state index >= 15 is 0 Å². The van der Waals surface area contributed by atoms with Gasteiger partial charge >= 0.3 is 0 Å². The minimum atomic E-state index is -0.101. The summed E-state index contributed by atoms with van der Waals surface area (Å²) < 4.78 is 5.15. The summed E-state index contributed by atoms with van der Waals surface area (Å²) in [5.74, 6) is 0.513. The molecule has 108 valence electrons. The van der Waals surface area contributed by atoms with E-state index in [4.69, 9.17) is 9.84 Å². The van der Waals surface area contributed by atoms with Gasteiger partial charge in [-0.3, -0.25) is 4.79 Å². The van der Waals surface area contributed by atoms with Crippen molar-refractivity contribution >= 4 is 17.2 Å². The first-order valence-electron chi connectivity index (χ1n) is 6.63. The van der Waals surface area contributed by atoms with Crippen LogP contribution >= 0.6 is 11.3 Å². The van der Waals surface area contributed by atoms with Crippen molar-refractivity contribution in [1.29, 1.82) is 0 Å². The van der Waals surface area contributed by atoms with Crippen LogP contribution in [0.4, 0.5) is 0 Å². The van der Waals surface area contributed by atoms with Crippen LogP contribution in [-0.2, 0) is 0 Å². The Kier molecular flexibility index (Phi) is 6.31. The molecule has 5 heteroatoms. The maximum atomic E-state index is 12.1. The lowest BCUT2D eigenvalue weighted by Crippen LogP contribution is -2.37. The Morgan fingerprint density at radius 1 is 1.47 bits per heavy atom. The molecule has 0 aliphatic heterocycles. The molecular weight excluding hydrogens is 262 g/mol. The van der Waals surface area contributed by atoms with Crippen molar-refractivity contribution in [1.82, 2.24) is 5.32 Å². The number of amides is 1. The molecule has 0 spiro atoms. The number of nitrogens with one attached hydrogen (secondary N) is 1. The van der Waals surface area contributed by atoms with Crippen LogP contribution in [0.2, 0.25) is 0 Å². The number of carbonyl (C=O) groups is 1. The lowest BCUT2D eigenvalue weighted by atomic mass is 9.79. The van der Waals surface area contributed by atoms with Crippen LogP contribution in [0.15, 0.2) is 11.4 Å². The second-order valence-electron chi connectivity index (χ2n) is 4.68. The Labute approximate surface area is 118 Å². The summed E-state index contributed by atoms with van der Waals surface area (Å²) in [6.07, 6.45) is 2.58. The highest BCUT2D eigenvalue weighted by Crippen LogP contribution is 2.30. The molecule has 1 rings (SSSR count). The molecule has 2 N–H and O–H groups in total. The third-order valence-corrected chi connectivity index (χ3v) is 4.72. The van der Waals surface area contributed by atoms with Crippen molar-refractivity contribution in [3.8, 4) is 5.75 Å². The zero-order chi connectivity index (χ0) is 14.3. The predicted molar refractivity (Wildman–Crippen MR) is 77.9 cm³/mol. The molecule has 0 radical (unpaired) electrons. The number of aliphatic hydroxyl groups is 1. The van der Waals surface area contributed by atoms with E-state index in [-0.39, 0.29) is 17.9 Å². The predicted octanol–water partition coefficient (Wildman–Crippen LogP) is 2.68. The van der Waals surface area contributed by atoms with E-state index in [1.807, 2.05) is 5.38 Å². The monoisotopic (exact) mass is 285 g/mol. The second kappa shape index (κ2) is 7.50.